The van der Waals surface area contributed by atoms with E-state index < -0.39 is 5.97 Å². The second-order valence-corrected chi connectivity index (χ2v) is 7.86. The third-order valence-corrected chi connectivity index (χ3v) is 5.58. The van der Waals surface area contributed by atoms with E-state index in [1.165, 1.54) is 29.6 Å². The molecule has 0 aliphatic heterocycles. The van der Waals surface area contributed by atoms with Crippen LogP contribution in [0.15, 0.2) is 59.4 Å². The standard InChI is InChI=1S/C20H16N4O3S2/c1-13(25)21-20-22-14(12-29-20)11-27-19(26)16-10-24(15-6-3-2-4-7-15)23-18(16)17-8-5-9-28-17/h2-10,12H,11H2,1H3,(H,21,22,25). The predicted octanol–water partition coefficient (Wildman–Crippen LogP) is 4.37. The summed E-state index contributed by atoms with van der Waals surface area (Å²) in [5.74, 6) is -0.679. The van der Waals surface area contributed by atoms with Crippen molar-refractivity contribution in [3.05, 3.63) is 70.7 Å². The molecule has 1 amide bonds. The van der Waals surface area contributed by atoms with Crippen LogP contribution in [0.5, 0.6) is 0 Å². The fourth-order valence-corrected chi connectivity index (χ4v) is 4.09. The molecule has 9 heteroatoms. The van der Waals surface area contributed by atoms with Crippen molar-refractivity contribution in [3.8, 4) is 16.3 Å². The van der Waals surface area contributed by atoms with Gasteiger partial charge in [0.1, 0.15) is 17.9 Å². The Balaban J connectivity index is 1.56. The van der Waals surface area contributed by atoms with Gasteiger partial charge in [-0.1, -0.05) is 24.3 Å². The van der Waals surface area contributed by atoms with Crippen LogP contribution in [-0.2, 0) is 16.1 Å². The van der Waals surface area contributed by atoms with E-state index in [0.29, 0.717) is 22.1 Å². The summed E-state index contributed by atoms with van der Waals surface area (Å²) in [6.07, 6.45) is 1.68. The molecule has 7 nitrogen and oxygen atoms in total. The monoisotopic (exact) mass is 424 g/mol. The van der Waals surface area contributed by atoms with Crippen LogP contribution in [0.1, 0.15) is 23.0 Å². The highest BCUT2D eigenvalue weighted by molar-refractivity contribution is 7.14. The molecule has 29 heavy (non-hydrogen) atoms. The number of amides is 1. The van der Waals surface area contributed by atoms with Gasteiger partial charge in [-0.15, -0.1) is 22.7 Å². The average molecular weight is 425 g/mol. The minimum atomic E-state index is -0.482. The molecule has 0 atom stereocenters. The SMILES string of the molecule is CC(=O)Nc1nc(COC(=O)c2cn(-c3ccccc3)nc2-c2cccs2)cs1. The Bertz CT molecular complexity index is 1130. The van der Waals surface area contributed by atoms with E-state index >= 15 is 0 Å². The summed E-state index contributed by atoms with van der Waals surface area (Å²) in [6.45, 7) is 1.42. The highest BCUT2D eigenvalue weighted by Crippen LogP contribution is 2.28. The van der Waals surface area contributed by atoms with Crippen molar-refractivity contribution in [1.29, 1.82) is 0 Å². The zero-order valence-electron chi connectivity index (χ0n) is 15.4. The average Bonchev–Trinajstić information content (AvgIpc) is 3.46. The minimum absolute atomic E-state index is 0.00924. The Morgan fingerprint density at radius 1 is 1.14 bits per heavy atom. The van der Waals surface area contributed by atoms with Crippen LogP contribution in [0.3, 0.4) is 0 Å². The number of hydrogen-bond acceptors (Lipinski definition) is 7. The number of para-hydroxylation sites is 1. The van der Waals surface area contributed by atoms with Crippen molar-refractivity contribution in [3.63, 3.8) is 0 Å². The van der Waals surface area contributed by atoms with Gasteiger partial charge in [0, 0.05) is 18.5 Å². The summed E-state index contributed by atoms with van der Waals surface area (Å²) in [6, 6.07) is 13.4. The summed E-state index contributed by atoms with van der Waals surface area (Å²) in [4.78, 5) is 29.0. The van der Waals surface area contributed by atoms with Gasteiger partial charge in [0.25, 0.3) is 0 Å². The third-order valence-electron chi connectivity index (χ3n) is 3.90. The molecule has 0 aliphatic carbocycles. The first-order valence-electron chi connectivity index (χ1n) is 8.68. The van der Waals surface area contributed by atoms with Gasteiger partial charge < -0.3 is 10.1 Å². The number of rotatable bonds is 6. The summed E-state index contributed by atoms with van der Waals surface area (Å²) in [5, 5.41) is 11.4. The van der Waals surface area contributed by atoms with Gasteiger partial charge in [-0.25, -0.2) is 14.5 Å². The molecule has 0 saturated carbocycles. The van der Waals surface area contributed by atoms with E-state index in [2.05, 4.69) is 15.4 Å². The molecular formula is C20H16N4O3S2. The maximum absolute atomic E-state index is 12.8. The van der Waals surface area contributed by atoms with Crippen LogP contribution in [0.25, 0.3) is 16.3 Å². The second-order valence-electron chi connectivity index (χ2n) is 6.05. The molecule has 4 rings (SSSR count). The molecule has 0 fully saturated rings. The van der Waals surface area contributed by atoms with Crippen molar-refractivity contribution < 1.29 is 14.3 Å². The second kappa shape index (κ2) is 8.38. The number of nitrogens with zero attached hydrogens (tertiary/aromatic N) is 3. The maximum atomic E-state index is 12.8. The Morgan fingerprint density at radius 3 is 2.69 bits per heavy atom. The van der Waals surface area contributed by atoms with Crippen molar-refractivity contribution in [1.82, 2.24) is 14.8 Å². The Hall–Kier alpha value is -3.30. The number of carbonyl (C=O) groups is 2. The number of thiazole rings is 1. The lowest BCUT2D eigenvalue weighted by atomic mass is 10.2. The molecule has 0 unspecified atom stereocenters. The zero-order valence-corrected chi connectivity index (χ0v) is 17.0. The first-order valence-corrected chi connectivity index (χ1v) is 10.4. The zero-order chi connectivity index (χ0) is 20.2. The Morgan fingerprint density at radius 2 is 1.97 bits per heavy atom. The molecule has 1 aromatic carbocycles. The molecule has 1 N–H and O–H groups in total. The number of benzene rings is 1. The van der Waals surface area contributed by atoms with Crippen molar-refractivity contribution in [2.75, 3.05) is 5.32 Å². The normalized spacial score (nSPS) is 10.7. The van der Waals surface area contributed by atoms with Gasteiger partial charge in [0.15, 0.2) is 5.13 Å². The van der Waals surface area contributed by atoms with Crippen LogP contribution < -0.4 is 5.32 Å². The molecule has 146 valence electrons. The molecular weight excluding hydrogens is 408 g/mol. The number of nitrogens with one attached hydrogen (secondary N) is 1. The molecule has 0 radical (unpaired) electrons. The van der Waals surface area contributed by atoms with E-state index in [4.69, 9.17) is 4.74 Å². The molecule has 4 aromatic rings. The quantitative estimate of drug-likeness (QED) is 0.465. The van der Waals surface area contributed by atoms with Crippen LogP contribution in [0, 0.1) is 0 Å². The highest BCUT2D eigenvalue weighted by Gasteiger charge is 2.21. The van der Waals surface area contributed by atoms with Crippen molar-refractivity contribution in [2.24, 2.45) is 0 Å². The first-order chi connectivity index (χ1) is 14.1. The minimum Gasteiger partial charge on any atom is -0.455 e. The van der Waals surface area contributed by atoms with Gasteiger partial charge in [-0.3, -0.25) is 4.79 Å². The molecule has 3 heterocycles. The third kappa shape index (κ3) is 4.41. The lowest BCUT2D eigenvalue weighted by Crippen LogP contribution is -2.07. The van der Waals surface area contributed by atoms with Gasteiger partial charge in [-0.2, -0.15) is 5.10 Å². The number of anilines is 1. The topological polar surface area (TPSA) is 86.1 Å². The van der Waals surface area contributed by atoms with Gasteiger partial charge in [0.05, 0.1) is 16.3 Å². The molecule has 0 aliphatic rings. The number of hydrogen-bond donors (Lipinski definition) is 1. The van der Waals surface area contributed by atoms with E-state index in [0.717, 1.165) is 10.6 Å². The van der Waals surface area contributed by atoms with Gasteiger partial charge >= 0.3 is 5.97 Å². The van der Waals surface area contributed by atoms with E-state index in [1.807, 2.05) is 47.8 Å². The van der Waals surface area contributed by atoms with Crippen molar-refractivity contribution >= 4 is 39.7 Å². The predicted molar refractivity (Wildman–Crippen MR) is 112 cm³/mol. The smallest absolute Gasteiger partial charge is 0.342 e. The number of carbonyl (C=O) groups excluding carboxylic acids is 2. The number of esters is 1. The number of aromatic nitrogens is 3. The van der Waals surface area contributed by atoms with E-state index in [9.17, 15) is 9.59 Å². The van der Waals surface area contributed by atoms with Crippen LogP contribution in [-0.4, -0.2) is 26.6 Å². The molecule has 0 saturated heterocycles. The van der Waals surface area contributed by atoms with Crippen LogP contribution >= 0.6 is 22.7 Å². The number of thiophene rings is 1. The fraction of sp³-hybridized carbons (Fsp3) is 0.100. The van der Waals surface area contributed by atoms with Crippen LogP contribution in [0.4, 0.5) is 5.13 Å². The lowest BCUT2D eigenvalue weighted by Gasteiger charge is -2.02. The van der Waals surface area contributed by atoms with E-state index in [-0.39, 0.29) is 12.5 Å². The molecule has 0 bridgehead atoms. The lowest BCUT2D eigenvalue weighted by molar-refractivity contribution is -0.114. The highest BCUT2D eigenvalue weighted by atomic mass is 32.1. The van der Waals surface area contributed by atoms with Crippen molar-refractivity contribution in [2.45, 2.75) is 13.5 Å². The Labute approximate surface area is 174 Å². The maximum Gasteiger partial charge on any atom is 0.342 e. The molecule has 0 spiro atoms. The summed E-state index contributed by atoms with van der Waals surface area (Å²) in [7, 11) is 0. The Kier molecular flexibility index (Phi) is 5.50. The largest absolute Gasteiger partial charge is 0.455 e. The van der Waals surface area contributed by atoms with Gasteiger partial charge in [0.2, 0.25) is 5.91 Å². The first kappa shape index (κ1) is 19.0. The van der Waals surface area contributed by atoms with Gasteiger partial charge in [-0.05, 0) is 23.6 Å². The van der Waals surface area contributed by atoms with E-state index in [1.54, 1.807) is 16.3 Å². The van der Waals surface area contributed by atoms with Crippen LogP contribution in [0.2, 0.25) is 0 Å². The number of ether oxygens (including phenoxy) is 1. The fourth-order valence-electron chi connectivity index (χ4n) is 2.63. The summed E-state index contributed by atoms with van der Waals surface area (Å²) in [5.41, 5.74) is 2.38. The summed E-state index contributed by atoms with van der Waals surface area (Å²) < 4.78 is 7.13. The summed E-state index contributed by atoms with van der Waals surface area (Å²) >= 11 is 2.78. The molecule has 3 aromatic heterocycles.